The third kappa shape index (κ3) is 5.13. The first kappa shape index (κ1) is 23.5. The number of nitrogens with one attached hydrogen (secondary N) is 3. The summed E-state index contributed by atoms with van der Waals surface area (Å²) in [5, 5.41) is 14.1. The lowest BCUT2D eigenvalue weighted by molar-refractivity contribution is -0.119. The van der Waals surface area contributed by atoms with Gasteiger partial charge in [-0.1, -0.05) is 0 Å². The molecule has 0 unspecified atom stereocenters. The smallest absolute Gasteiger partial charge is 0.255 e. The molecule has 0 radical (unpaired) electrons. The topological polar surface area (TPSA) is 110 Å². The Morgan fingerprint density at radius 3 is 2.50 bits per heavy atom. The Labute approximate surface area is 199 Å². The molecule has 0 aromatic carbocycles. The first-order valence-electron chi connectivity index (χ1n) is 11.7. The number of nitrogens with zero attached hydrogens (tertiary/aromatic N) is 3. The Bertz CT molecular complexity index is 1180. The zero-order valence-corrected chi connectivity index (χ0v) is 20.1. The molecule has 1 aliphatic rings. The number of methoxy groups -OCH3 is 1. The lowest BCUT2D eigenvalue weighted by atomic mass is 9.91. The van der Waals surface area contributed by atoms with Gasteiger partial charge in [-0.3, -0.25) is 9.59 Å². The maximum absolute atomic E-state index is 13.3. The fourth-order valence-corrected chi connectivity index (χ4v) is 4.52. The van der Waals surface area contributed by atoms with Gasteiger partial charge in [0.15, 0.2) is 0 Å². The van der Waals surface area contributed by atoms with Crippen molar-refractivity contribution < 1.29 is 14.3 Å². The van der Waals surface area contributed by atoms with Crippen LogP contribution in [-0.4, -0.2) is 51.6 Å². The summed E-state index contributed by atoms with van der Waals surface area (Å²) in [4.78, 5) is 28.9. The highest BCUT2D eigenvalue weighted by atomic mass is 16.5. The average Bonchev–Trinajstić information content (AvgIpc) is 3.24. The second-order valence-electron chi connectivity index (χ2n) is 9.07. The van der Waals surface area contributed by atoms with Gasteiger partial charge in [-0.15, -0.1) is 0 Å². The molecule has 3 aromatic rings. The first-order valence-corrected chi connectivity index (χ1v) is 11.7. The van der Waals surface area contributed by atoms with Gasteiger partial charge in [0.25, 0.3) is 5.91 Å². The van der Waals surface area contributed by atoms with Crippen LogP contribution in [-0.2, 0) is 4.79 Å². The van der Waals surface area contributed by atoms with Crippen molar-refractivity contribution in [2.75, 3.05) is 12.4 Å². The Morgan fingerprint density at radius 2 is 1.85 bits per heavy atom. The lowest BCUT2D eigenvalue weighted by Gasteiger charge is -2.29. The quantitative estimate of drug-likeness (QED) is 0.494. The molecule has 1 fully saturated rings. The Morgan fingerprint density at radius 1 is 1.15 bits per heavy atom. The molecule has 4 rings (SSSR count). The van der Waals surface area contributed by atoms with Crippen molar-refractivity contribution in [1.29, 1.82) is 0 Å². The molecule has 0 atom stereocenters. The molecule has 180 valence electrons. The van der Waals surface area contributed by atoms with Crippen LogP contribution in [0.15, 0.2) is 36.8 Å². The van der Waals surface area contributed by atoms with E-state index in [0.717, 1.165) is 48.0 Å². The summed E-state index contributed by atoms with van der Waals surface area (Å²) in [7, 11) is 1.59. The second-order valence-corrected chi connectivity index (χ2v) is 9.07. The highest BCUT2D eigenvalue weighted by Crippen LogP contribution is 2.33. The highest BCUT2D eigenvalue weighted by Gasteiger charge is 2.25. The monoisotopic (exact) mass is 464 g/mol. The lowest BCUT2D eigenvalue weighted by Crippen LogP contribution is -2.43. The van der Waals surface area contributed by atoms with E-state index in [9.17, 15) is 9.59 Å². The number of anilines is 1. The number of rotatable bonds is 7. The minimum atomic E-state index is -0.150. The largest absolute Gasteiger partial charge is 0.481 e. The van der Waals surface area contributed by atoms with Gasteiger partial charge in [0.2, 0.25) is 11.8 Å². The van der Waals surface area contributed by atoms with E-state index in [2.05, 4.69) is 26.0 Å². The summed E-state index contributed by atoms with van der Waals surface area (Å²) in [6, 6.07) is 6.18. The standard InChI is InChI=1S/C25H32N6O3/c1-15(2)28-23-21(24(33)30-19-9-7-18(8-10-19)29-16(3)32)13-27-31-14-17(12-22(23)31)20-6-5-11-26-25(20)34-4/h5-6,11-15,18-19,28H,7-10H2,1-4H3,(H,29,32)(H,30,33). The van der Waals surface area contributed by atoms with Gasteiger partial charge in [0.1, 0.15) is 0 Å². The van der Waals surface area contributed by atoms with Crippen LogP contribution >= 0.6 is 0 Å². The van der Waals surface area contributed by atoms with Crippen LogP contribution in [0.5, 0.6) is 5.88 Å². The molecule has 0 aliphatic heterocycles. The van der Waals surface area contributed by atoms with E-state index in [-0.39, 0.29) is 29.9 Å². The molecule has 9 nitrogen and oxygen atoms in total. The normalized spacial score (nSPS) is 18.0. The Hall–Kier alpha value is -3.62. The number of amides is 2. The third-order valence-electron chi connectivity index (χ3n) is 6.06. The number of carbonyl (C=O) groups excluding carboxylic acids is 2. The van der Waals surface area contributed by atoms with Crippen LogP contribution < -0.4 is 20.7 Å². The molecule has 1 saturated carbocycles. The summed E-state index contributed by atoms with van der Waals surface area (Å²) >= 11 is 0. The number of hydrogen-bond acceptors (Lipinski definition) is 6. The Kier molecular flexibility index (Phi) is 7.00. The van der Waals surface area contributed by atoms with E-state index in [4.69, 9.17) is 4.74 Å². The van der Waals surface area contributed by atoms with E-state index >= 15 is 0 Å². The predicted molar refractivity (Wildman–Crippen MR) is 131 cm³/mol. The van der Waals surface area contributed by atoms with Crippen LogP contribution in [0, 0.1) is 0 Å². The van der Waals surface area contributed by atoms with Crippen molar-refractivity contribution in [1.82, 2.24) is 25.2 Å². The van der Waals surface area contributed by atoms with Gasteiger partial charge in [-0.2, -0.15) is 5.10 Å². The molecule has 1 aliphatic carbocycles. The van der Waals surface area contributed by atoms with Gasteiger partial charge < -0.3 is 20.7 Å². The van der Waals surface area contributed by atoms with Gasteiger partial charge in [0, 0.05) is 48.6 Å². The molecule has 3 N–H and O–H groups in total. The van der Waals surface area contributed by atoms with Crippen LogP contribution in [0.2, 0.25) is 0 Å². The van der Waals surface area contributed by atoms with Gasteiger partial charge in [-0.25, -0.2) is 9.50 Å². The summed E-state index contributed by atoms with van der Waals surface area (Å²) in [5.74, 6) is 0.374. The van der Waals surface area contributed by atoms with Crippen molar-refractivity contribution >= 4 is 23.0 Å². The highest BCUT2D eigenvalue weighted by molar-refractivity contribution is 6.03. The van der Waals surface area contributed by atoms with Gasteiger partial charge in [0.05, 0.1) is 30.1 Å². The zero-order chi connectivity index (χ0) is 24.2. The van der Waals surface area contributed by atoms with Crippen LogP contribution in [0.3, 0.4) is 0 Å². The number of fused-ring (bicyclic) bond motifs is 1. The average molecular weight is 465 g/mol. The molecule has 0 saturated heterocycles. The SMILES string of the molecule is COc1ncccc1-c1cc2c(NC(C)C)c(C(=O)NC3CCC(NC(C)=O)CC3)cnn2c1. The van der Waals surface area contributed by atoms with E-state index in [1.807, 2.05) is 38.2 Å². The van der Waals surface area contributed by atoms with Crippen molar-refractivity contribution in [2.45, 2.75) is 64.6 Å². The van der Waals surface area contributed by atoms with Crippen LogP contribution in [0.25, 0.3) is 16.6 Å². The molecule has 3 heterocycles. The summed E-state index contributed by atoms with van der Waals surface area (Å²) in [6.45, 7) is 5.61. The molecule has 2 amide bonds. The Balaban J connectivity index is 1.61. The molecule has 3 aromatic heterocycles. The van der Waals surface area contributed by atoms with E-state index < -0.39 is 0 Å². The van der Waals surface area contributed by atoms with Crippen LogP contribution in [0.4, 0.5) is 5.69 Å². The fourth-order valence-electron chi connectivity index (χ4n) is 4.52. The van der Waals surface area contributed by atoms with Crippen molar-refractivity contribution in [3.8, 4) is 17.0 Å². The van der Waals surface area contributed by atoms with Gasteiger partial charge >= 0.3 is 0 Å². The number of hydrogen-bond donors (Lipinski definition) is 3. The van der Waals surface area contributed by atoms with E-state index in [0.29, 0.717) is 11.4 Å². The molecule has 34 heavy (non-hydrogen) atoms. The minimum Gasteiger partial charge on any atom is -0.481 e. The van der Waals surface area contributed by atoms with Crippen molar-refractivity contribution in [3.63, 3.8) is 0 Å². The van der Waals surface area contributed by atoms with Crippen molar-refractivity contribution in [3.05, 3.63) is 42.4 Å². The van der Waals surface area contributed by atoms with Crippen LogP contribution in [0.1, 0.15) is 56.8 Å². The minimum absolute atomic E-state index is 0.00765. The molecule has 0 bridgehead atoms. The molecular weight excluding hydrogens is 432 g/mol. The second kappa shape index (κ2) is 10.1. The predicted octanol–water partition coefficient (Wildman–Crippen LogP) is 3.40. The molecular formula is C25H32N6O3. The van der Waals surface area contributed by atoms with E-state index in [1.165, 1.54) is 6.92 Å². The number of aromatic nitrogens is 3. The maximum atomic E-state index is 13.3. The number of carbonyl (C=O) groups is 2. The summed E-state index contributed by atoms with van der Waals surface area (Å²) in [5.41, 5.74) is 3.80. The van der Waals surface area contributed by atoms with E-state index in [1.54, 1.807) is 24.0 Å². The number of ether oxygens (including phenoxy) is 1. The van der Waals surface area contributed by atoms with Gasteiger partial charge in [-0.05, 0) is 57.7 Å². The third-order valence-corrected chi connectivity index (χ3v) is 6.06. The molecule has 9 heteroatoms. The summed E-state index contributed by atoms with van der Waals surface area (Å²) in [6.07, 6.45) is 8.58. The molecule has 0 spiro atoms. The summed E-state index contributed by atoms with van der Waals surface area (Å²) < 4.78 is 7.19. The fraction of sp³-hybridized carbons (Fsp3) is 0.440. The first-order chi connectivity index (χ1) is 16.4. The van der Waals surface area contributed by atoms with Crippen molar-refractivity contribution in [2.24, 2.45) is 0 Å². The number of pyridine rings is 1. The zero-order valence-electron chi connectivity index (χ0n) is 20.1. The maximum Gasteiger partial charge on any atom is 0.255 e.